The number of hydrogen-bond acceptors (Lipinski definition) is 4. The van der Waals surface area contributed by atoms with Crippen LogP contribution >= 0.6 is 0 Å². The summed E-state index contributed by atoms with van der Waals surface area (Å²) >= 11 is 0. The number of carboxylic acids is 1. The average Bonchev–Trinajstić information content (AvgIpc) is 2.67. The summed E-state index contributed by atoms with van der Waals surface area (Å²) in [6.45, 7) is -0.0447. The first-order valence-electron chi connectivity index (χ1n) is 5.12. The van der Waals surface area contributed by atoms with Gasteiger partial charge in [-0.3, -0.25) is 9.59 Å². The van der Waals surface area contributed by atoms with E-state index in [1.807, 2.05) is 0 Å². The molecule has 1 aliphatic rings. The second kappa shape index (κ2) is 6.04. The Hall–Kier alpha value is -1.83. The predicted octanol–water partition coefficient (Wildman–Crippen LogP) is -1.64. The van der Waals surface area contributed by atoms with E-state index in [1.165, 1.54) is 0 Å². The van der Waals surface area contributed by atoms with Crippen molar-refractivity contribution < 1.29 is 24.2 Å². The number of carboxylic acid groups (broad SMARTS) is 1. The van der Waals surface area contributed by atoms with E-state index in [0.29, 0.717) is 19.6 Å². The lowest BCUT2D eigenvalue weighted by Crippen LogP contribution is -2.49. The Labute approximate surface area is 97.7 Å². The van der Waals surface area contributed by atoms with Gasteiger partial charge in [-0.15, -0.1) is 0 Å². The minimum absolute atomic E-state index is 0.147. The smallest absolute Gasteiger partial charge is 0.323 e. The van der Waals surface area contributed by atoms with Gasteiger partial charge < -0.3 is 25.8 Å². The Bertz CT molecular complexity index is 298. The van der Waals surface area contributed by atoms with Gasteiger partial charge in [-0.25, -0.2) is 4.79 Å². The number of ether oxygens (including phenoxy) is 1. The first-order chi connectivity index (χ1) is 7.99. The highest BCUT2D eigenvalue weighted by atomic mass is 16.5. The summed E-state index contributed by atoms with van der Waals surface area (Å²) in [4.78, 5) is 33.8. The van der Waals surface area contributed by atoms with Gasteiger partial charge in [0.25, 0.3) is 0 Å². The number of carbonyl (C=O) groups is 3. The Balaban J connectivity index is 2.51. The maximum Gasteiger partial charge on any atom is 0.323 e. The van der Waals surface area contributed by atoms with E-state index in [2.05, 4.69) is 5.32 Å². The van der Waals surface area contributed by atoms with Crippen LogP contribution in [0.4, 0.5) is 4.79 Å². The average molecular weight is 245 g/mol. The molecular weight excluding hydrogens is 230 g/mol. The fourth-order valence-corrected chi connectivity index (χ4v) is 1.47. The number of amides is 3. The number of primary amides is 1. The molecule has 0 aromatic heterocycles. The van der Waals surface area contributed by atoms with Crippen LogP contribution in [0, 0.1) is 0 Å². The van der Waals surface area contributed by atoms with Gasteiger partial charge in [-0.05, 0) is 6.42 Å². The molecule has 0 aliphatic carbocycles. The van der Waals surface area contributed by atoms with E-state index >= 15 is 0 Å². The van der Waals surface area contributed by atoms with Crippen LogP contribution < -0.4 is 11.1 Å². The van der Waals surface area contributed by atoms with Crippen molar-refractivity contribution in [3.05, 3.63) is 0 Å². The van der Waals surface area contributed by atoms with Crippen LogP contribution in [-0.4, -0.2) is 60.3 Å². The van der Waals surface area contributed by atoms with E-state index in [4.69, 9.17) is 15.6 Å². The molecule has 0 aromatic carbocycles. The molecule has 96 valence electrons. The van der Waals surface area contributed by atoms with Crippen molar-refractivity contribution in [2.45, 2.75) is 12.5 Å². The van der Waals surface area contributed by atoms with Gasteiger partial charge in [0.05, 0.1) is 12.6 Å². The molecular formula is C9H15N3O5. The van der Waals surface area contributed by atoms with Crippen LogP contribution in [0.5, 0.6) is 0 Å². The Morgan fingerprint density at radius 2 is 2.12 bits per heavy atom. The summed E-state index contributed by atoms with van der Waals surface area (Å²) < 4.78 is 5.06. The molecule has 1 rings (SSSR count). The molecule has 0 radical (unpaired) electrons. The molecule has 3 amide bonds. The second-order valence-corrected chi connectivity index (χ2v) is 3.73. The first-order valence-corrected chi connectivity index (χ1v) is 5.12. The van der Waals surface area contributed by atoms with Crippen molar-refractivity contribution in [1.29, 1.82) is 0 Å². The summed E-state index contributed by atoms with van der Waals surface area (Å²) in [6, 6.07) is -0.770. The molecule has 1 unspecified atom stereocenters. The van der Waals surface area contributed by atoms with Crippen LogP contribution in [-0.2, 0) is 14.3 Å². The van der Waals surface area contributed by atoms with E-state index in [-0.39, 0.29) is 6.04 Å². The van der Waals surface area contributed by atoms with Gasteiger partial charge >= 0.3 is 12.0 Å². The summed E-state index contributed by atoms with van der Waals surface area (Å²) in [6.07, 6.45) is 0.670. The van der Waals surface area contributed by atoms with Gasteiger partial charge in [0.2, 0.25) is 5.91 Å². The van der Waals surface area contributed by atoms with Crippen LogP contribution in [0.25, 0.3) is 0 Å². The highest BCUT2D eigenvalue weighted by Gasteiger charge is 2.23. The molecule has 8 heteroatoms. The van der Waals surface area contributed by atoms with Crippen LogP contribution in [0.1, 0.15) is 6.42 Å². The molecule has 0 aromatic rings. The number of aliphatic carboxylic acids is 1. The molecule has 17 heavy (non-hydrogen) atoms. The number of hydrogen-bond donors (Lipinski definition) is 3. The normalized spacial score (nSPS) is 18.7. The minimum Gasteiger partial charge on any atom is -0.480 e. The van der Waals surface area contributed by atoms with E-state index in [1.54, 1.807) is 0 Å². The molecule has 1 heterocycles. The van der Waals surface area contributed by atoms with Crippen molar-refractivity contribution in [2.75, 3.05) is 26.3 Å². The van der Waals surface area contributed by atoms with Gasteiger partial charge in [0.15, 0.2) is 0 Å². The maximum absolute atomic E-state index is 11.7. The summed E-state index contributed by atoms with van der Waals surface area (Å²) in [7, 11) is 0. The number of nitrogens with one attached hydrogen (secondary N) is 1. The first kappa shape index (κ1) is 13.2. The number of urea groups is 1. The van der Waals surface area contributed by atoms with Crippen molar-refractivity contribution >= 4 is 17.9 Å². The largest absolute Gasteiger partial charge is 0.480 e. The third-order valence-electron chi connectivity index (χ3n) is 2.22. The standard InChI is InChI=1S/C9H15N3O5/c10-7(13)3-12(4-8(14)15)9(16)11-6-1-2-17-5-6/h6H,1-5H2,(H2,10,13)(H,11,16)(H,14,15). The number of rotatable bonds is 5. The monoisotopic (exact) mass is 245 g/mol. The van der Waals surface area contributed by atoms with E-state index in [9.17, 15) is 14.4 Å². The number of carbonyl (C=O) groups excluding carboxylic acids is 2. The highest BCUT2D eigenvalue weighted by molar-refractivity contribution is 5.86. The molecule has 1 atom stereocenters. The Kier molecular flexibility index (Phi) is 4.70. The van der Waals surface area contributed by atoms with Crippen molar-refractivity contribution in [2.24, 2.45) is 5.73 Å². The third-order valence-corrected chi connectivity index (χ3v) is 2.22. The van der Waals surface area contributed by atoms with Crippen LogP contribution in [0.15, 0.2) is 0 Å². The van der Waals surface area contributed by atoms with E-state index in [0.717, 1.165) is 4.90 Å². The fourth-order valence-electron chi connectivity index (χ4n) is 1.47. The third kappa shape index (κ3) is 4.68. The molecule has 0 bridgehead atoms. The lowest BCUT2D eigenvalue weighted by atomic mass is 10.3. The van der Waals surface area contributed by atoms with Crippen LogP contribution in [0.2, 0.25) is 0 Å². The van der Waals surface area contributed by atoms with Crippen molar-refractivity contribution in [3.8, 4) is 0 Å². The highest BCUT2D eigenvalue weighted by Crippen LogP contribution is 2.04. The zero-order chi connectivity index (χ0) is 12.8. The summed E-state index contributed by atoms with van der Waals surface area (Å²) in [5.41, 5.74) is 4.94. The molecule has 1 aliphatic heterocycles. The Morgan fingerprint density at radius 1 is 1.41 bits per heavy atom. The lowest BCUT2D eigenvalue weighted by Gasteiger charge is -2.21. The molecule has 4 N–H and O–H groups in total. The van der Waals surface area contributed by atoms with Crippen LogP contribution in [0.3, 0.4) is 0 Å². The topological polar surface area (TPSA) is 122 Å². The van der Waals surface area contributed by atoms with Gasteiger partial charge in [-0.1, -0.05) is 0 Å². The summed E-state index contributed by atoms with van der Waals surface area (Å²) in [5.74, 6) is -1.96. The zero-order valence-corrected chi connectivity index (χ0v) is 9.22. The molecule has 1 fully saturated rings. The molecule has 1 saturated heterocycles. The predicted molar refractivity (Wildman–Crippen MR) is 56.2 cm³/mol. The maximum atomic E-state index is 11.7. The number of nitrogens with zero attached hydrogens (tertiary/aromatic N) is 1. The minimum atomic E-state index is -1.20. The Morgan fingerprint density at radius 3 is 2.59 bits per heavy atom. The lowest BCUT2D eigenvalue weighted by molar-refractivity contribution is -0.137. The van der Waals surface area contributed by atoms with Crippen molar-refractivity contribution in [3.63, 3.8) is 0 Å². The molecule has 0 saturated carbocycles. The SMILES string of the molecule is NC(=O)CN(CC(=O)O)C(=O)NC1CCOC1. The molecule has 8 nitrogen and oxygen atoms in total. The second-order valence-electron chi connectivity index (χ2n) is 3.73. The van der Waals surface area contributed by atoms with Gasteiger partial charge in [-0.2, -0.15) is 0 Å². The van der Waals surface area contributed by atoms with Gasteiger partial charge in [0.1, 0.15) is 13.1 Å². The molecule has 0 spiro atoms. The summed E-state index contributed by atoms with van der Waals surface area (Å²) in [5, 5.41) is 11.2. The van der Waals surface area contributed by atoms with E-state index < -0.39 is 31.0 Å². The van der Waals surface area contributed by atoms with Gasteiger partial charge in [0, 0.05) is 6.61 Å². The zero-order valence-electron chi connectivity index (χ0n) is 9.22. The quantitative estimate of drug-likeness (QED) is 0.536. The van der Waals surface area contributed by atoms with Crippen molar-refractivity contribution in [1.82, 2.24) is 10.2 Å². The number of nitrogens with two attached hydrogens (primary N) is 1. The fraction of sp³-hybridized carbons (Fsp3) is 0.667.